The summed E-state index contributed by atoms with van der Waals surface area (Å²) in [6.07, 6.45) is 2.24. The summed E-state index contributed by atoms with van der Waals surface area (Å²) in [7, 11) is 0. The maximum Gasteiger partial charge on any atom is 0.254 e. The van der Waals surface area contributed by atoms with Crippen LogP contribution in [0.5, 0.6) is 0 Å². The van der Waals surface area contributed by atoms with E-state index in [2.05, 4.69) is 4.99 Å². The van der Waals surface area contributed by atoms with Gasteiger partial charge in [-0.25, -0.2) is 0 Å². The first-order valence-electron chi connectivity index (χ1n) is 8.82. The number of carbonyl (C=O) groups excluding carboxylic acids is 2. The zero-order valence-electron chi connectivity index (χ0n) is 15.2. The Morgan fingerprint density at radius 3 is 2.69 bits per heavy atom. The third-order valence-electron chi connectivity index (χ3n) is 4.63. The maximum atomic E-state index is 12.5. The molecule has 0 unspecified atom stereocenters. The SMILES string of the molecule is CC1(C)CC(=O)C(C=Nc2cccc(C(=O)N3CCOCC3)c2)=C(O)C1. The number of carbonyl (C=O) groups is 2. The first kappa shape index (κ1) is 18.3. The molecule has 26 heavy (non-hydrogen) atoms. The molecule has 3 rings (SSSR count). The number of benzene rings is 1. The van der Waals surface area contributed by atoms with Crippen LogP contribution < -0.4 is 0 Å². The monoisotopic (exact) mass is 356 g/mol. The van der Waals surface area contributed by atoms with Gasteiger partial charge in [0.1, 0.15) is 5.76 Å². The number of aliphatic imine (C=N–C) groups is 1. The zero-order chi connectivity index (χ0) is 18.7. The second kappa shape index (κ2) is 7.41. The lowest BCUT2D eigenvalue weighted by molar-refractivity contribution is -0.117. The lowest BCUT2D eigenvalue weighted by Gasteiger charge is -2.28. The predicted octanol–water partition coefficient (Wildman–Crippen LogP) is 3.06. The van der Waals surface area contributed by atoms with E-state index in [9.17, 15) is 14.7 Å². The van der Waals surface area contributed by atoms with Crippen molar-refractivity contribution >= 4 is 23.6 Å². The highest BCUT2D eigenvalue weighted by atomic mass is 16.5. The minimum absolute atomic E-state index is 0.0529. The number of rotatable bonds is 3. The number of aliphatic hydroxyl groups is 1. The topological polar surface area (TPSA) is 79.2 Å². The predicted molar refractivity (Wildman–Crippen MR) is 99.0 cm³/mol. The first-order valence-corrected chi connectivity index (χ1v) is 8.82. The van der Waals surface area contributed by atoms with Crippen LogP contribution in [0.3, 0.4) is 0 Å². The number of ether oxygens (including phenoxy) is 1. The first-order chi connectivity index (χ1) is 12.4. The number of hydrogen-bond acceptors (Lipinski definition) is 5. The van der Waals surface area contributed by atoms with Gasteiger partial charge in [-0.2, -0.15) is 0 Å². The van der Waals surface area contributed by atoms with Crippen LogP contribution in [0.2, 0.25) is 0 Å². The second-order valence-corrected chi connectivity index (χ2v) is 7.51. The molecule has 6 heteroatoms. The second-order valence-electron chi connectivity index (χ2n) is 7.51. The van der Waals surface area contributed by atoms with Crippen molar-refractivity contribution in [3.8, 4) is 0 Å². The zero-order valence-corrected chi connectivity index (χ0v) is 15.2. The van der Waals surface area contributed by atoms with E-state index in [0.29, 0.717) is 50.4 Å². The van der Waals surface area contributed by atoms with Crippen LogP contribution in [0.15, 0.2) is 40.6 Å². The van der Waals surface area contributed by atoms with Crippen LogP contribution in [0, 0.1) is 5.41 Å². The molecule has 0 saturated carbocycles. The Kier molecular flexibility index (Phi) is 5.23. The van der Waals surface area contributed by atoms with Gasteiger partial charge in [-0.1, -0.05) is 19.9 Å². The molecule has 0 aromatic heterocycles. The molecule has 1 aromatic rings. The van der Waals surface area contributed by atoms with Crippen LogP contribution in [-0.2, 0) is 9.53 Å². The van der Waals surface area contributed by atoms with Crippen LogP contribution >= 0.6 is 0 Å². The fourth-order valence-electron chi connectivity index (χ4n) is 3.26. The average Bonchev–Trinajstić information content (AvgIpc) is 2.60. The smallest absolute Gasteiger partial charge is 0.254 e. The number of amides is 1. The molecule has 0 spiro atoms. The van der Waals surface area contributed by atoms with E-state index in [0.717, 1.165) is 0 Å². The number of aliphatic hydroxyl groups excluding tert-OH is 1. The van der Waals surface area contributed by atoms with Gasteiger partial charge in [0.15, 0.2) is 5.78 Å². The van der Waals surface area contributed by atoms with Crippen molar-refractivity contribution in [1.82, 2.24) is 4.90 Å². The fourth-order valence-corrected chi connectivity index (χ4v) is 3.26. The molecule has 1 aromatic carbocycles. The van der Waals surface area contributed by atoms with E-state index < -0.39 is 0 Å². The molecule has 1 N–H and O–H groups in total. The summed E-state index contributed by atoms with van der Waals surface area (Å²) in [6, 6.07) is 6.98. The number of hydrogen-bond donors (Lipinski definition) is 1. The number of ketones is 1. The van der Waals surface area contributed by atoms with Crippen molar-refractivity contribution in [3.05, 3.63) is 41.2 Å². The van der Waals surface area contributed by atoms with Gasteiger partial charge in [0.25, 0.3) is 5.91 Å². The van der Waals surface area contributed by atoms with E-state index in [4.69, 9.17) is 4.74 Å². The molecule has 1 fully saturated rings. The molecule has 0 atom stereocenters. The molecule has 1 amide bonds. The van der Waals surface area contributed by atoms with Gasteiger partial charge in [-0.3, -0.25) is 14.6 Å². The lowest BCUT2D eigenvalue weighted by atomic mass is 9.77. The van der Waals surface area contributed by atoms with E-state index in [1.165, 1.54) is 6.21 Å². The van der Waals surface area contributed by atoms with Crippen molar-refractivity contribution in [1.29, 1.82) is 0 Å². The van der Waals surface area contributed by atoms with Gasteiger partial charge in [0.05, 0.1) is 24.5 Å². The van der Waals surface area contributed by atoms with Crippen LogP contribution in [0.1, 0.15) is 37.0 Å². The van der Waals surface area contributed by atoms with Gasteiger partial charge in [-0.15, -0.1) is 0 Å². The van der Waals surface area contributed by atoms with Crippen molar-refractivity contribution in [2.24, 2.45) is 10.4 Å². The van der Waals surface area contributed by atoms with Crippen LogP contribution in [0.4, 0.5) is 5.69 Å². The minimum Gasteiger partial charge on any atom is -0.511 e. The van der Waals surface area contributed by atoms with E-state index >= 15 is 0 Å². The number of morpholine rings is 1. The number of nitrogens with zero attached hydrogens (tertiary/aromatic N) is 2. The molecule has 0 radical (unpaired) electrons. The summed E-state index contributed by atoms with van der Waals surface area (Å²) >= 11 is 0. The molecule has 2 aliphatic rings. The summed E-state index contributed by atoms with van der Waals surface area (Å²) in [5.74, 6) is -0.0819. The molecular weight excluding hydrogens is 332 g/mol. The average molecular weight is 356 g/mol. The highest BCUT2D eigenvalue weighted by molar-refractivity contribution is 6.15. The highest BCUT2D eigenvalue weighted by Gasteiger charge is 2.32. The minimum atomic E-state index is -0.233. The quantitative estimate of drug-likeness (QED) is 0.844. The van der Waals surface area contributed by atoms with Gasteiger partial charge in [-0.05, 0) is 23.6 Å². The molecule has 6 nitrogen and oxygen atoms in total. The van der Waals surface area contributed by atoms with Crippen LogP contribution in [0.25, 0.3) is 0 Å². The lowest BCUT2D eigenvalue weighted by Crippen LogP contribution is -2.40. The van der Waals surface area contributed by atoms with Crippen LogP contribution in [-0.4, -0.2) is 54.2 Å². The van der Waals surface area contributed by atoms with Gasteiger partial charge in [0.2, 0.25) is 0 Å². The van der Waals surface area contributed by atoms with Crippen molar-refractivity contribution in [3.63, 3.8) is 0 Å². The molecular formula is C20H24N2O4. The van der Waals surface area contributed by atoms with Gasteiger partial charge >= 0.3 is 0 Å². The third kappa shape index (κ3) is 4.19. The van der Waals surface area contributed by atoms with E-state index in [-0.39, 0.29) is 28.4 Å². The van der Waals surface area contributed by atoms with Crippen molar-refractivity contribution in [2.45, 2.75) is 26.7 Å². The largest absolute Gasteiger partial charge is 0.511 e. The standard InChI is InChI=1S/C20H24N2O4/c1-20(2)11-17(23)16(18(24)12-20)13-21-15-5-3-4-14(10-15)19(25)22-6-8-26-9-7-22/h3-5,10,13,23H,6-9,11-12H2,1-2H3. The normalized spacial score (nSPS) is 20.7. The molecule has 1 saturated heterocycles. The Hall–Kier alpha value is -2.47. The molecule has 1 aliphatic carbocycles. The Morgan fingerprint density at radius 2 is 2.00 bits per heavy atom. The van der Waals surface area contributed by atoms with E-state index in [1.54, 1.807) is 29.2 Å². The molecule has 1 aliphatic heterocycles. The van der Waals surface area contributed by atoms with Crippen molar-refractivity contribution in [2.75, 3.05) is 26.3 Å². The number of allylic oxidation sites excluding steroid dienone is 2. The summed E-state index contributed by atoms with van der Waals surface area (Å²) in [6.45, 7) is 6.17. The summed E-state index contributed by atoms with van der Waals surface area (Å²) in [4.78, 5) is 30.9. The molecule has 1 heterocycles. The van der Waals surface area contributed by atoms with Gasteiger partial charge < -0.3 is 14.7 Å². The Labute approximate surface area is 153 Å². The Balaban J connectivity index is 1.77. The molecule has 0 bridgehead atoms. The third-order valence-corrected chi connectivity index (χ3v) is 4.63. The Morgan fingerprint density at radius 1 is 1.27 bits per heavy atom. The fraction of sp³-hybridized carbons (Fsp3) is 0.450. The highest BCUT2D eigenvalue weighted by Crippen LogP contribution is 2.35. The summed E-state index contributed by atoms with van der Waals surface area (Å²) in [5, 5.41) is 10.2. The van der Waals surface area contributed by atoms with Gasteiger partial charge in [0, 0.05) is 37.7 Å². The van der Waals surface area contributed by atoms with Crippen molar-refractivity contribution < 1.29 is 19.4 Å². The summed E-state index contributed by atoms with van der Waals surface area (Å²) < 4.78 is 5.27. The number of Topliss-reactive ketones (excluding diaryl/α,β-unsaturated/α-hetero) is 1. The Bertz CT molecular complexity index is 774. The molecule has 138 valence electrons. The van der Waals surface area contributed by atoms with E-state index in [1.807, 2.05) is 13.8 Å². The maximum absolute atomic E-state index is 12.5. The summed E-state index contributed by atoms with van der Waals surface area (Å²) in [5.41, 5.74) is 1.15.